The Balaban J connectivity index is 2.12. The Morgan fingerprint density at radius 3 is 2.52 bits per heavy atom. The molecule has 1 unspecified atom stereocenters. The van der Waals surface area contributed by atoms with Crippen molar-refractivity contribution in [3.63, 3.8) is 0 Å². The van der Waals surface area contributed by atoms with E-state index in [1.54, 1.807) is 19.2 Å². The van der Waals surface area contributed by atoms with Gasteiger partial charge < -0.3 is 15.8 Å². The van der Waals surface area contributed by atoms with Crippen LogP contribution >= 0.6 is 15.9 Å². The summed E-state index contributed by atoms with van der Waals surface area (Å²) < 4.78 is 6.02. The Hall–Kier alpha value is -1.85. The highest BCUT2D eigenvalue weighted by Crippen LogP contribution is 2.28. The van der Waals surface area contributed by atoms with Gasteiger partial charge in [-0.25, -0.2) is 0 Å². The van der Waals surface area contributed by atoms with Crippen molar-refractivity contribution in [2.45, 2.75) is 13.0 Å². The molecule has 0 aromatic heterocycles. The lowest BCUT2D eigenvalue weighted by Crippen LogP contribution is -2.27. The lowest BCUT2D eigenvalue weighted by atomic mass is 10.1. The van der Waals surface area contributed by atoms with Crippen molar-refractivity contribution in [3.05, 3.63) is 58.1 Å². The van der Waals surface area contributed by atoms with Crippen molar-refractivity contribution in [3.8, 4) is 5.75 Å². The van der Waals surface area contributed by atoms with Crippen LogP contribution in [0.5, 0.6) is 5.75 Å². The van der Waals surface area contributed by atoms with Gasteiger partial charge >= 0.3 is 0 Å². The number of hydrogen-bond donors (Lipinski definition) is 2. The number of hydrogen-bond acceptors (Lipinski definition) is 3. The van der Waals surface area contributed by atoms with Crippen molar-refractivity contribution in [1.82, 2.24) is 0 Å². The summed E-state index contributed by atoms with van der Waals surface area (Å²) in [6, 6.07) is 12.2. The Morgan fingerprint density at radius 2 is 1.90 bits per heavy atom. The molecule has 1 amide bonds. The summed E-state index contributed by atoms with van der Waals surface area (Å²) in [5, 5.41) is 2.79. The number of rotatable bonds is 4. The Morgan fingerprint density at radius 1 is 1.24 bits per heavy atom. The molecule has 110 valence electrons. The molecule has 0 bridgehead atoms. The second kappa shape index (κ2) is 6.74. The van der Waals surface area contributed by atoms with E-state index in [1.807, 2.05) is 37.3 Å². The fraction of sp³-hybridized carbons (Fsp3) is 0.188. The maximum atomic E-state index is 12.2. The summed E-state index contributed by atoms with van der Waals surface area (Å²) in [5.74, 6) is 0.389. The maximum Gasteiger partial charge on any atom is 0.245 e. The van der Waals surface area contributed by atoms with Gasteiger partial charge in [0.1, 0.15) is 11.8 Å². The molecule has 0 fully saturated rings. The van der Waals surface area contributed by atoms with Crippen molar-refractivity contribution in [2.75, 3.05) is 12.4 Å². The molecular weight excluding hydrogens is 332 g/mol. The minimum atomic E-state index is -0.708. The fourth-order valence-corrected chi connectivity index (χ4v) is 2.29. The zero-order valence-electron chi connectivity index (χ0n) is 11.9. The zero-order valence-corrected chi connectivity index (χ0v) is 13.5. The number of amides is 1. The van der Waals surface area contributed by atoms with Gasteiger partial charge in [0.25, 0.3) is 0 Å². The van der Waals surface area contributed by atoms with Gasteiger partial charge in [-0.3, -0.25) is 4.79 Å². The van der Waals surface area contributed by atoms with Crippen LogP contribution in [-0.2, 0) is 4.79 Å². The SMILES string of the molecule is COc1cc(NC(=O)C(N)c2ccc(C)cc2)ccc1Br. The predicted molar refractivity (Wildman–Crippen MR) is 87.4 cm³/mol. The highest BCUT2D eigenvalue weighted by atomic mass is 79.9. The van der Waals surface area contributed by atoms with E-state index < -0.39 is 6.04 Å². The van der Waals surface area contributed by atoms with Crippen molar-refractivity contribution < 1.29 is 9.53 Å². The molecule has 0 spiro atoms. The van der Waals surface area contributed by atoms with Crippen molar-refractivity contribution in [1.29, 1.82) is 0 Å². The first-order valence-corrected chi connectivity index (χ1v) is 7.27. The largest absolute Gasteiger partial charge is 0.495 e. The van der Waals surface area contributed by atoms with E-state index in [9.17, 15) is 4.79 Å². The quantitative estimate of drug-likeness (QED) is 0.889. The Labute approximate surface area is 132 Å². The standard InChI is InChI=1S/C16H17BrN2O2/c1-10-3-5-11(6-4-10)15(18)16(20)19-12-7-8-13(17)14(9-12)21-2/h3-9,15H,18H2,1-2H3,(H,19,20). The second-order valence-electron chi connectivity index (χ2n) is 4.73. The molecule has 0 saturated heterocycles. The first-order valence-electron chi connectivity index (χ1n) is 6.48. The Bertz CT molecular complexity index is 641. The van der Waals surface area contributed by atoms with Gasteiger partial charge in [-0.2, -0.15) is 0 Å². The third-order valence-corrected chi connectivity index (χ3v) is 3.79. The fourth-order valence-electron chi connectivity index (χ4n) is 1.88. The number of carbonyl (C=O) groups excluding carboxylic acids is 1. The van der Waals surface area contributed by atoms with Gasteiger partial charge in [0.15, 0.2) is 0 Å². The molecule has 0 radical (unpaired) electrons. The lowest BCUT2D eigenvalue weighted by molar-refractivity contribution is -0.117. The minimum Gasteiger partial charge on any atom is -0.495 e. The van der Waals surface area contributed by atoms with Gasteiger partial charge in [-0.05, 0) is 40.5 Å². The molecule has 3 N–H and O–H groups in total. The molecule has 1 atom stereocenters. The summed E-state index contributed by atoms with van der Waals surface area (Å²) in [6.45, 7) is 1.99. The van der Waals surface area contributed by atoms with Crippen molar-refractivity contribution >= 4 is 27.5 Å². The van der Waals surface area contributed by atoms with E-state index in [2.05, 4.69) is 21.2 Å². The summed E-state index contributed by atoms with van der Waals surface area (Å²) in [4.78, 5) is 12.2. The van der Waals surface area contributed by atoms with Crippen LogP contribution < -0.4 is 15.8 Å². The smallest absolute Gasteiger partial charge is 0.245 e. The van der Waals surface area contributed by atoms with Gasteiger partial charge in [-0.1, -0.05) is 29.8 Å². The number of anilines is 1. The monoisotopic (exact) mass is 348 g/mol. The molecule has 0 saturated carbocycles. The normalized spacial score (nSPS) is 11.8. The van der Waals surface area contributed by atoms with Crippen LogP contribution in [0.25, 0.3) is 0 Å². The number of benzene rings is 2. The minimum absolute atomic E-state index is 0.261. The highest BCUT2D eigenvalue weighted by Gasteiger charge is 2.16. The van der Waals surface area contributed by atoms with E-state index in [1.165, 1.54) is 0 Å². The third-order valence-electron chi connectivity index (χ3n) is 3.14. The third kappa shape index (κ3) is 3.83. The van der Waals surface area contributed by atoms with Crippen LogP contribution in [0.15, 0.2) is 46.9 Å². The molecular formula is C16H17BrN2O2. The van der Waals surface area contributed by atoms with Gasteiger partial charge in [-0.15, -0.1) is 0 Å². The first kappa shape index (κ1) is 15.5. The van der Waals surface area contributed by atoms with E-state index in [4.69, 9.17) is 10.5 Å². The van der Waals surface area contributed by atoms with E-state index in [0.29, 0.717) is 11.4 Å². The molecule has 2 aromatic carbocycles. The predicted octanol–water partition coefficient (Wildman–Crippen LogP) is 3.40. The molecule has 21 heavy (non-hydrogen) atoms. The number of nitrogens with two attached hydrogens (primary N) is 1. The summed E-state index contributed by atoms with van der Waals surface area (Å²) in [5.41, 5.74) is 8.53. The molecule has 2 aromatic rings. The van der Waals surface area contributed by atoms with Crippen LogP contribution in [0.3, 0.4) is 0 Å². The number of halogens is 1. The van der Waals surface area contributed by atoms with E-state index in [0.717, 1.165) is 15.6 Å². The number of methoxy groups -OCH3 is 1. The number of carbonyl (C=O) groups is 1. The van der Waals surface area contributed by atoms with Gasteiger partial charge in [0.05, 0.1) is 11.6 Å². The number of aryl methyl sites for hydroxylation is 1. The number of ether oxygens (including phenoxy) is 1. The average molecular weight is 349 g/mol. The molecule has 5 heteroatoms. The topological polar surface area (TPSA) is 64.3 Å². The first-order chi connectivity index (χ1) is 10.0. The van der Waals surface area contributed by atoms with Gasteiger partial charge in [0, 0.05) is 11.8 Å². The Kier molecular flexibility index (Phi) is 4.98. The molecule has 0 aliphatic carbocycles. The summed E-state index contributed by atoms with van der Waals surface area (Å²) in [7, 11) is 1.57. The van der Waals surface area contributed by atoms with Gasteiger partial charge in [0.2, 0.25) is 5.91 Å². The lowest BCUT2D eigenvalue weighted by Gasteiger charge is -2.14. The number of nitrogens with one attached hydrogen (secondary N) is 1. The summed E-state index contributed by atoms with van der Waals surface area (Å²) in [6.07, 6.45) is 0. The average Bonchev–Trinajstić information content (AvgIpc) is 2.49. The highest BCUT2D eigenvalue weighted by molar-refractivity contribution is 9.10. The van der Waals surface area contributed by atoms with E-state index in [-0.39, 0.29) is 5.91 Å². The van der Waals surface area contributed by atoms with Crippen LogP contribution in [0.1, 0.15) is 17.2 Å². The molecule has 0 aliphatic rings. The van der Waals surface area contributed by atoms with Crippen LogP contribution in [-0.4, -0.2) is 13.0 Å². The van der Waals surface area contributed by atoms with Crippen molar-refractivity contribution in [2.24, 2.45) is 5.73 Å². The zero-order chi connectivity index (χ0) is 15.4. The summed E-state index contributed by atoms with van der Waals surface area (Å²) >= 11 is 3.37. The van der Waals surface area contributed by atoms with Crippen LogP contribution in [0, 0.1) is 6.92 Å². The maximum absolute atomic E-state index is 12.2. The van der Waals surface area contributed by atoms with Crippen LogP contribution in [0.4, 0.5) is 5.69 Å². The molecule has 0 aliphatic heterocycles. The molecule has 2 rings (SSSR count). The van der Waals surface area contributed by atoms with Crippen LogP contribution in [0.2, 0.25) is 0 Å². The molecule has 4 nitrogen and oxygen atoms in total. The second-order valence-corrected chi connectivity index (χ2v) is 5.58. The molecule has 0 heterocycles. The van der Waals surface area contributed by atoms with E-state index >= 15 is 0 Å².